The minimum absolute atomic E-state index is 0.306. The number of aromatic nitrogens is 2. The van der Waals surface area contributed by atoms with Crippen LogP contribution in [0.2, 0.25) is 0 Å². The van der Waals surface area contributed by atoms with Crippen LogP contribution >= 0.6 is 0 Å². The molecule has 2 bridgehead atoms. The molecule has 2 aliphatic heterocycles. The summed E-state index contributed by atoms with van der Waals surface area (Å²) >= 11 is 0. The summed E-state index contributed by atoms with van der Waals surface area (Å²) < 4.78 is 7.09. The Labute approximate surface area is 101 Å². The molecule has 0 radical (unpaired) electrons. The third kappa shape index (κ3) is 1.49. The zero-order valence-corrected chi connectivity index (χ0v) is 10.4. The second-order valence-corrected chi connectivity index (χ2v) is 5.15. The minimum atomic E-state index is -0.774. The van der Waals surface area contributed by atoms with E-state index in [0.717, 1.165) is 38.2 Å². The summed E-state index contributed by atoms with van der Waals surface area (Å²) in [6, 6.07) is 0. The van der Waals surface area contributed by atoms with Crippen molar-refractivity contribution in [2.45, 2.75) is 18.4 Å². The van der Waals surface area contributed by atoms with E-state index >= 15 is 0 Å². The Balaban J connectivity index is 2.04. The predicted molar refractivity (Wildman–Crippen MR) is 62.8 cm³/mol. The summed E-state index contributed by atoms with van der Waals surface area (Å²) in [6.45, 7) is 3.05. The van der Waals surface area contributed by atoms with Crippen molar-refractivity contribution in [3.8, 4) is 5.75 Å². The first-order chi connectivity index (χ1) is 8.15. The maximum absolute atomic E-state index is 11.0. The zero-order chi connectivity index (χ0) is 12.0. The van der Waals surface area contributed by atoms with Gasteiger partial charge in [-0.2, -0.15) is 5.10 Å². The van der Waals surface area contributed by atoms with Crippen LogP contribution < -0.4 is 4.74 Å². The van der Waals surface area contributed by atoms with Crippen molar-refractivity contribution in [1.82, 2.24) is 14.7 Å². The highest BCUT2D eigenvalue weighted by Crippen LogP contribution is 2.45. The minimum Gasteiger partial charge on any atom is -0.493 e. The maximum atomic E-state index is 11.0. The van der Waals surface area contributed by atoms with Crippen molar-refractivity contribution in [2.75, 3.05) is 26.7 Å². The van der Waals surface area contributed by atoms with E-state index in [-0.39, 0.29) is 0 Å². The van der Waals surface area contributed by atoms with Gasteiger partial charge in [0.25, 0.3) is 0 Å². The number of piperidine rings is 1. The molecule has 0 spiro atoms. The van der Waals surface area contributed by atoms with E-state index in [1.165, 1.54) is 0 Å². The van der Waals surface area contributed by atoms with Gasteiger partial charge in [0.15, 0.2) is 5.75 Å². The highest BCUT2D eigenvalue weighted by atomic mass is 16.5. The molecule has 1 aromatic rings. The smallest absolute Gasteiger partial charge is 0.162 e. The molecule has 0 aliphatic carbocycles. The lowest BCUT2D eigenvalue weighted by Crippen LogP contribution is -2.45. The van der Waals surface area contributed by atoms with Gasteiger partial charge < -0.3 is 14.7 Å². The van der Waals surface area contributed by atoms with E-state index in [9.17, 15) is 5.11 Å². The first-order valence-electron chi connectivity index (χ1n) is 6.16. The van der Waals surface area contributed by atoms with Crippen LogP contribution in [0.5, 0.6) is 5.75 Å². The van der Waals surface area contributed by atoms with Crippen LogP contribution in [0.15, 0.2) is 6.20 Å². The molecular weight excluding hydrogens is 218 g/mol. The number of methoxy groups -OCH3 is 1. The molecule has 5 nitrogen and oxygen atoms in total. The molecule has 5 heteroatoms. The normalized spacial score (nSPS) is 36.2. The Hall–Kier alpha value is -1.07. The lowest BCUT2D eigenvalue weighted by molar-refractivity contribution is -0.0578. The van der Waals surface area contributed by atoms with E-state index in [0.29, 0.717) is 11.7 Å². The second-order valence-electron chi connectivity index (χ2n) is 5.15. The molecule has 0 amide bonds. The van der Waals surface area contributed by atoms with Gasteiger partial charge >= 0.3 is 0 Å². The van der Waals surface area contributed by atoms with Gasteiger partial charge in [0.05, 0.1) is 13.3 Å². The van der Waals surface area contributed by atoms with E-state index < -0.39 is 5.60 Å². The van der Waals surface area contributed by atoms with Gasteiger partial charge in [-0.25, -0.2) is 0 Å². The van der Waals surface area contributed by atoms with Crippen molar-refractivity contribution in [3.63, 3.8) is 0 Å². The monoisotopic (exact) mass is 237 g/mol. The number of hydrogen-bond donors (Lipinski definition) is 1. The van der Waals surface area contributed by atoms with E-state index in [1.807, 2.05) is 7.05 Å². The van der Waals surface area contributed by atoms with Crippen LogP contribution in [0.25, 0.3) is 0 Å². The first kappa shape index (κ1) is 11.0. The number of ether oxygens (including phenoxy) is 1. The standard InChI is InChI=1S/C12H19N3O2/c1-14-11(10(17-2)7-13-14)12(16)4-6-15-5-3-9(12)8-15/h7,9,16H,3-6,8H2,1-2H3. The van der Waals surface area contributed by atoms with Crippen LogP contribution in [-0.2, 0) is 12.6 Å². The Bertz CT molecular complexity index is 431. The maximum Gasteiger partial charge on any atom is 0.162 e. The van der Waals surface area contributed by atoms with Crippen LogP contribution in [-0.4, -0.2) is 46.5 Å². The number of hydrogen-bond acceptors (Lipinski definition) is 4. The Morgan fingerprint density at radius 3 is 3.12 bits per heavy atom. The molecule has 0 saturated carbocycles. The topological polar surface area (TPSA) is 50.5 Å². The SMILES string of the molecule is COc1cnn(C)c1C1(O)CCN2CCC1C2. The predicted octanol–water partition coefficient (Wildman–Crippen LogP) is 0.342. The molecule has 3 heterocycles. The van der Waals surface area contributed by atoms with Crippen molar-refractivity contribution in [3.05, 3.63) is 11.9 Å². The summed E-state index contributed by atoms with van der Waals surface area (Å²) in [6.07, 6.45) is 3.52. The molecule has 3 rings (SSSR count). The molecule has 1 N–H and O–H groups in total. The quantitative estimate of drug-likeness (QED) is 0.806. The number of aliphatic hydroxyl groups is 1. The third-order valence-electron chi connectivity index (χ3n) is 4.29. The highest BCUT2D eigenvalue weighted by molar-refractivity contribution is 5.32. The Kier molecular flexibility index (Phi) is 2.41. The van der Waals surface area contributed by atoms with Crippen LogP contribution in [0.1, 0.15) is 18.5 Å². The molecule has 3 atom stereocenters. The fraction of sp³-hybridized carbons (Fsp3) is 0.750. The van der Waals surface area contributed by atoms with Gasteiger partial charge in [-0.05, 0) is 19.4 Å². The van der Waals surface area contributed by atoms with Crippen molar-refractivity contribution >= 4 is 0 Å². The van der Waals surface area contributed by atoms with Gasteiger partial charge in [-0.15, -0.1) is 0 Å². The Morgan fingerprint density at radius 2 is 2.35 bits per heavy atom. The third-order valence-corrected chi connectivity index (χ3v) is 4.29. The zero-order valence-electron chi connectivity index (χ0n) is 10.4. The largest absolute Gasteiger partial charge is 0.493 e. The summed E-state index contributed by atoms with van der Waals surface area (Å²) in [7, 11) is 3.50. The van der Waals surface area contributed by atoms with Gasteiger partial charge in [0, 0.05) is 26.1 Å². The van der Waals surface area contributed by atoms with Crippen LogP contribution in [0, 0.1) is 5.92 Å². The molecular formula is C12H19N3O2. The lowest BCUT2D eigenvalue weighted by atomic mass is 9.79. The molecule has 0 aromatic carbocycles. The number of fused-ring (bicyclic) bond motifs is 2. The van der Waals surface area contributed by atoms with Gasteiger partial charge in [-0.3, -0.25) is 4.68 Å². The highest BCUT2D eigenvalue weighted by Gasteiger charge is 2.49. The van der Waals surface area contributed by atoms with Crippen LogP contribution in [0.4, 0.5) is 0 Å². The molecule has 1 aromatic heterocycles. The molecule has 17 heavy (non-hydrogen) atoms. The van der Waals surface area contributed by atoms with Crippen molar-refractivity contribution in [2.24, 2.45) is 13.0 Å². The fourth-order valence-corrected chi connectivity index (χ4v) is 3.33. The Morgan fingerprint density at radius 1 is 1.53 bits per heavy atom. The molecule has 2 aliphatic rings. The van der Waals surface area contributed by atoms with E-state index in [4.69, 9.17) is 4.74 Å². The lowest BCUT2D eigenvalue weighted by Gasteiger charge is -2.38. The summed E-state index contributed by atoms with van der Waals surface area (Å²) in [5.41, 5.74) is 0.0652. The van der Waals surface area contributed by atoms with Gasteiger partial charge in [-0.1, -0.05) is 0 Å². The second kappa shape index (κ2) is 3.71. The summed E-state index contributed by atoms with van der Waals surface area (Å²) in [4.78, 5) is 2.42. The van der Waals surface area contributed by atoms with Crippen molar-refractivity contribution < 1.29 is 9.84 Å². The number of nitrogens with zero attached hydrogens (tertiary/aromatic N) is 3. The molecule has 2 fully saturated rings. The number of rotatable bonds is 2. The molecule has 2 saturated heterocycles. The number of aryl methyl sites for hydroxylation is 1. The summed E-state index contributed by atoms with van der Waals surface area (Å²) in [5, 5.41) is 15.3. The average Bonchev–Trinajstić information content (AvgIpc) is 2.90. The molecule has 3 unspecified atom stereocenters. The van der Waals surface area contributed by atoms with E-state index in [1.54, 1.807) is 18.0 Å². The van der Waals surface area contributed by atoms with Crippen LogP contribution in [0.3, 0.4) is 0 Å². The first-order valence-corrected chi connectivity index (χ1v) is 6.16. The average molecular weight is 237 g/mol. The molecule has 94 valence electrons. The van der Waals surface area contributed by atoms with Gasteiger partial charge in [0.1, 0.15) is 11.3 Å². The van der Waals surface area contributed by atoms with Gasteiger partial charge in [0.2, 0.25) is 0 Å². The van der Waals surface area contributed by atoms with Crippen molar-refractivity contribution in [1.29, 1.82) is 0 Å². The van der Waals surface area contributed by atoms with E-state index in [2.05, 4.69) is 10.00 Å². The fourth-order valence-electron chi connectivity index (χ4n) is 3.33. The summed E-state index contributed by atoms with van der Waals surface area (Å²) in [5.74, 6) is 1.01.